The highest BCUT2D eigenvalue weighted by atomic mass is 32.1. The Bertz CT molecular complexity index is 881. The molecule has 28 heavy (non-hydrogen) atoms. The van der Waals surface area contributed by atoms with Crippen molar-refractivity contribution < 1.29 is 28.3 Å². The van der Waals surface area contributed by atoms with Gasteiger partial charge in [-0.1, -0.05) is 6.42 Å². The summed E-state index contributed by atoms with van der Waals surface area (Å²) in [7, 11) is 1.32. The number of hydrogen-bond donors (Lipinski definition) is 1. The molecule has 1 amide bonds. The van der Waals surface area contributed by atoms with Gasteiger partial charge in [0.05, 0.1) is 18.9 Å². The molecule has 0 unspecified atom stereocenters. The van der Waals surface area contributed by atoms with E-state index in [0.29, 0.717) is 16.3 Å². The number of fused-ring (bicyclic) bond motifs is 1. The van der Waals surface area contributed by atoms with Crippen molar-refractivity contribution in [3.05, 3.63) is 46.2 Å². The molecule has 0 saturated heterocycles. The third-order valence-electron chi connectivity index (χ3n) is 4.34. The molecule has 1 aliphatic carbocycles. The monoisotopic (exact) mass is 403 g/mol. The van der Waals surface area contributed by atoms with E-state index in [9.17, 15) is 14.4 Å². The number of ether oxygens (including phenoxy) is 2. The molecule has 148 valence electrons. The highest BCUT2D eigenvalue weighted by Crippen LogP contribution is 2.37. The van der Waals surface area contributed by atoms with Gasteiger partial charge in [0.2, 0.25) is 0 Å². The van der Waals surface area contributed by atoms with Crippen molar-refractivity contribution in [3.8, 4) is 0 Å². The number of rotatable bonds is 6. The summed E-state index contributed by atoms with van der Waals surface area (Å²) in [6.45, 7) is -0.454. The molecule has 0 fully saturated rings. The van der Waals surface area contributed by atoms with Crippen molar-refractivity contribution in [2.75, 3.05) is 19.0 Å². The third-order valence-corrected chi connectivity index (χ3v) is 5.54. The number of anilines is 1. The fourth-order valence-corrected chi connectivity index (χ4v) is 4.33. The second kappa shape index (κ2) is 9.36. The average Bonchev–Trinajstić information content (AvgIpc) is 3.26. The van der Waals surface area contributed by atoms with Gasteiger partial charge in [0.1, 0.15) is 10.8 Å². The van der Waals surface area contributed by atoms with Crippen LogP contribution in [0.4, 0.5) is 5.00 Å². The number of carbonyl (C=O) groups is 3. The molecule has 0 bridgehead atoms. The molecular weight excluding hydrogens is 382 g/mol. The number of esters is 2. The first-order chi connectivity index (χ1) is 13.6. The maximum Gasteiger partial charge on any atom is 0.341 e. The van der Waals surface area contributed by atoms with Crippen molar-refractivity contribution in [1.29, 1.82) is 0 Å². The summed E-state index contributed by atoms with van der Waals surface area (Å²) in [6, 6.07) is 3.38. The first-order valence-corrected chi connectivity index (χ1v) is 9.81. The van der Waals surface area contributed by atoms with Gasteiger partial charge in [-0.2, -0.15) is 0 Å². The van der Waals surface area contributed by atoms with E-state index in [4.69, 9.17) is 13.9 Å². The predicted molar refractivity (Wildman–Crippen MR) is 104 cm³/mol. The molecule has 1 N–H and O–H groups in total. The Hall–Kier alpha value is -2.87. The molecule has 0 atom stereocenters. The third kappa shape index (κ3) is 4.89. The summed E-state index contributed by atoms with van der Waals surface area (Å²) in [5.74, 6) is -1.14. The largest absolute Gasteiger partial charge is 0.465 e. The first kappa shape index (κ1) is 19.9. The Labute approximate surface area is 166 Å². The first-order valence-electron chi connectivity index (χ1n) is 8.99. The van der Waals surface area contributed by atoms with Crippen molar-refractivity contribution in [2.45, 2.75) is 32.1 Å². The Balaban J connectivity index is 1.63. The van der Waals surface area contributed by atoms with E-state index in [2.05, 4.69) is 5.32 Å². The molecule has 1 aliphatic rings. The smallest absolute Gasteiger partial charge is 0.341 e. The standard InChI is InChI=1S/C20H21NO6S/c1-25-20(24)18-14-7-3-2-4-8-15(14)28-19(18)21-16(22)12-27-17(23)10-9-13-6-5-11-26-13/h5-6,9-11H,2-4,7-8,12H2,1H3,(H,21,22). The van der Waals surface area contributed by atoms with Crippen LogP contribution in [-0.4, -0.2) is 31.6 Å². The van der Waals surface area contributed by atoms with Gasteiger partial charge in [-0.3, -0.25) is 4.79 Å². The highest BCUT2D eigenvalue weighted by Gasteiger charge is 2.26. The molecule has 0 spiro atoms. The number of thiophene rings is 1. The predicted octanol–water partition coefficient (Wildman–Crippen LogP) is 3.59. The second-order valence-corrected chi connectivity index (χ2v) is 7.37. The number of methoxy groups -OCH3 is 1. The van der Waals surface area contributed by atoms with E-state index in [0.717, 1.165) is 42.5 Å². The van der Waals surface area contributed by atoms with E-state index in [1.54, 1.807) is 12.1 Å². The van der Waals surface area contributed by atoms with E-state index >= 15 is 0 Å². The normalized spacial score (nSPS) is 13.6. The number of furan rings is 1. The van der Waals surface area contributed by atoms with Crippen LogP contribution >= 0.6 is 11.3 Å². The van der Waals surface area contributed by atoms with E-state index in [-0.39, 0.29) is 0 Å². The van der Waals surface area contributed by atoms with Crippen LogP contribution in [-0.2, 0) is 31.9 Å². The zero-order valence-corrected chi connectivity index (χ0v) is 16.3. The lowest BCUT2D eigenvalue weighted by Crippen LogP contribution is -2.21. The molecule has 2 aromatic heterocycles. The van der Waals surface area contributed by atoms with E-state index in [1.165, 1.54) is 36.9 Å². The lowest BCUT2D eigenvalue weighted by atomic mass is 10.1. The Kier molecular flexibility index (Phi) is 6.65. The lowest BCUT2D eigenvalue weighted by molar-refractivity contribution is -0.142. The summed E-state index contributed by atoms with van der Waals surface area (Å²) < 4.78 is 14.9. The van der Waals surface area contributed by atoms with E-state index in [1.807, 2.05) is 0 Å². The van der Waals surface area contributed by atoms with E-state index < -0.39 is 24.5 Å². The Morgan fingerprint density at radius 2 is 2.07 bits per heavy atom. The van der Waals surface area contributed by atoms with Crippen molar-refractivity contribution in [2.24, 2.45) is 0 Å². The van der Waals surface area contributed by atoms with Gasteiger partial charge >= 0.3 is 11.9 Å². The van der Waals surface area contributed by atoms with Crippen molar-refractivity contribution in [3.63, 3.8) is 0 Å². The summed E-state index contributed by atoms with van der Waals surface area (Å²) in [5.41, 5.74) is 1.38. The van der Waals surface area contributed by atoms with Gasteiger partial charge in [0.25, 0.3) is 5.91 Å². The fourth-order valence-electron chi connectivity index (χ4n) is 3.03. The van der Waals surface area contributed by atoms with Crippen molar-refractivity contribution >= 4 is 40.3 Å². The quantitative estimate of drug-likeness (QED) is 0.450. The molecule has 0 radical (unpaired) electrons. The SMILES string of the molecule is COC(=O)c1c(NC(=O)COC(=O)C=Cc2ccco2)sc2c1CCCCC2. The molecule has 3 rings (SSSR count). The van der Waals surface area contributed by atoms with Gasteiger partial charge < -0.3 is 19.2 Å². The van der Waals surface area contributed by atoms with Gasteiger partial charge in [0, 0.05) is 11.0 Å². The number of carbonyl (C=O) groups excluding carboxylic acids is 3. The minimum absolute atomic E-state index is 0.418. The van der Waals surface area contributed by atoms with Crippen LogP contribution in [0.1, 0.15) is 45.8 Å². The molecule has 7 nitrogen and oxygen atoms in total. The molecular formula is C20H21NO6S. The fraction of sp³-hybridized carbons (Fsp3) is 0.350. The zero-order chi connectivity index (χ0) is 19.9. The topological polar surface area (TPSA) is 94.8 Å². The molecule has 2 heterocycles. The number of aryl methyl sites for hydroxylation is 1. The molecule has 8 heteroatoms. The molecule has 0 aromatic carbocycles. The summed E-state index contributed by atoms with van der Waals surface area (Å²) in [5, 5.41) is 3.14. The maximum absolute atomic E-state index is 12.3. The van der Waals surface area contributed by atoms with Crippen LogP contribution in [0.5, 0.6) is 0 Å². The van der Waals surface area contributed by atoms with Gasteiger partial charge in [0.15, 0.2) is 6.61 Å². The van der Waals surface area contributed by atoms with Crippen LogP contribution in [0.15, 0.2) is 28.9 Å². The van der Waals surface area contributed by atoms with Crippen LogP contribution in [0.25, 0.3) is 6.08 Å². The van der Waals surface area contributed by atoms with Crippen LogP contribution in [0.2, 0.25) is 0 Å². The van der Waals surface area contributed by atoms with Gasteiger partial charge in [-0.15, -0.1) is 11.3 Å². The minimum Gasteiger partial charge on any atom is -0.465 e. The van der Waals surface area contributed by atoms with Crippen LogP contribution < -0.4 is 5.32 Å². The maximum atomic E-state index is 12.3. The molecule has 0 aliphatic heterocycles. The van der Waals surface area contributed by atoms with Crippen molar-refractivity contribution in [1.82, 2.24) is 0 Å². The number of hydrogen-bond acceptors (Lipinski definition) is 7. The molecule has 0 saturated carbocycles. The Morgan fingerprint density at radius 1 is 1.25 bits per heavy atom. The summed E-state index contributed by atoms with van der Waals surface area (Å²) >= 11 is 1.39. The molecule has 2 aromatic rings. The lowest BCUT2D eigenvalue weighted by Gasteiger charge is -2.07. The second-order valence-electron chi connectivity index (χ2n) is 6.26. The summed E-state index contributed by atoms with van der Waals surface area (Å²) in [6.07, 6.45) is 8.96. The van der Waals surface area contributed by atoms with Gasteiger partial charge in [-0.25, -0.2) is 9.59 Å². The zero-order valence-electron chi connectivity index (χ0n) is 15.5. The van der Waals surface area contributed by atoms with Crippen LogP contribution in [0.3, 0.4) is 0 Å². The Morgan fingerprint density at radius 3 is 2.82 bits per heavy atom. The van der Waals surface area contributed by atoms with Crippen LogP contribution in [0, 0.1) is 0 Å². The minimum atomic E-state index is -0.665. The highest BCUT2D eigenvalue weighted by molar-refractivity contribution is 7.17. The van der Waals surface area contributed by atoms with Gasteiger partial charge in [-0.05, 0) is 49.5 Å². The average molecular weight is 403 g/mol. The number of nitrogens with one attached hydrogen (secondary N) is 1. The number of amides is 1. The summed E-state index contributed by atoms with van der Waals surface area (Å²) in [4.78, 5) is 37.3.